The van der Waals surface area contributed by atoms with Crippen LogP contribution in [0.25, 0.3) is 0 Å². The first-order chi connectivity index (χ1) is 14.3. The van der Waals surface area contributed by atoms with Crippen LogP contribution >= 0.6 is 0 Å². The van der Waals surface area contributed by atoms with Crippen LogP contribution in [-0.2, 0) is 27.8 Å². The maximum atomic E-state index is 13.1. The van der Waals surface area contributed by atoms with Crippen LogP contribution in [0.3, 0.4) is 0 Å². The van der Waals surface area contributed by atoms with Crippen molar-refractivity contribution in [3.8, 4) is 0 Å². The number of piperazine rings is 1. The van der Waals surface area contributed by atoms with E-state index in [4.69, 9.17) is 0 Å². The minimum absolute atomic E-state index is 0.153. The first-order valence-corrected chi connectivity index (χ1v) is 12.3. The molecule has 0 spiro atoms. The summed E-state index contributed by atoms with van der Waals surface area (Å²) in [6.07, 6.45) is 2.03. The third-order valence-electron chi connectivity index (χ3n) is 5.60. The van der Waals surface area contributed by atoms with Gasteiger partial charge in [0, 0.05) is 32.7 Å². The zero-order valence-electron chi connectivity index (χ0n) is 18.0. The van der Waals surface area contributed by atoms with Gasteiger partial charge in [0.2, 0.25) is 15.9 Å². The standard InChI is InChI=1S/C23H31N3O3S/c1-4-20-10-12-22(13-11-20)26(30(3,28)29)19(2)23(27)25-16-14-24(15-17-25)18-21-8-6-5-7-9-21/h5-13,19H,4,14-18H2,1-3H3/t19-/m0/s1. The zero-order chi connectivity index (χ0) is 21.7. The number of sulfonamides is 1. The molecule has 30 heavy (non-hydrogen) atoms. The van der Waals surface area contributed by atoms with Gasteiger partial charge < -0.3 is 4.90 Å². The van der Waals surface area contributed by atoms with Gasteiger partial charge in [-0.1, -0.05) is 49.4 Å². The van der Waals surface area contributed by atoms with Gasteiger partial charge in [-0.25, -0.2) is 8.42 Å². The zero-order valence-corrected chi connectivity index (χ0v) is 18.8. The number of amides is 1. The Kier molecular flexibility index (Phi) is 7.15. The fourth-order valence-electron chi connectivity index (χ4n) is 3.91. The number of anilines is 1. The average Bonchev–Trinajstić information content (AvgIpc) is 2.74. The molecule has 0 unspecified atom stereocenters. The molecule has 0 aliphatic carbocycles. The van der Waals surface area contributed by atoms with E-state index >= 15 is 0 Å². The lowest BCUT2D eigenvalue weighted by atomic mass is 10.1. The number of aryl methyl sites for hydroxylation is 1. The summed E-state index contributed by atoms with van der Waals surface area (Å²) in [6.45, 7) is 7.33. The van der Waals surface area contributed by atoms with E-state index < -0.39 is 16.1 Å². The van der Waals surface area contributed by atoms with Gasteiger partial charge in [0.25, 0.3) is 0 Å². The van der Waals surface area contributed by atoms with Gasteiger partial charge in [-0.05, 0) is 36.6 Å². The van der Waals surface area contributed by atoms with Crippen molar-refractivity contribution in [1.82, 2.24) is 9.80 Å². The molecule has 1 amide bonds. The Morgan fingerprint density at radius 2 is 1.57 bits per heavy atom. The van der Waals surface area contributed by atoms with Gasteiger partial charge in [0.15, 0.2) is 0 Å². The molecule has 3 rings (SSSR count). The smallest absolute Gasteiger partial charge is 0.246 e. The molecule has 6 nitrogen and oxygen atoms in total. The van der Waals surface area contributed by atoms with E-state index in [-0.39, 0.29) is 5.91 Å². The number of benzene rings is 2. The molecular formula is C23H31N3O3S. The minimum Gasteiger partial charge on any atom is -0.338 e. The molecule has 1 fully saturated rings. The number of hydrogen-bond acceptors (Lipinski definition) is 4. The Morgan fingerprint density at radius 1 is 0.967 bits per heavy atom. The molecule has 7 heteroatoms. The predicted octanol–water partition coefficient (Wildman–Crippen LogP) is 2.75. The molecule has 1 aliphatic heterocycles. The van der Waals surface area contributed by atoms with E-state index in [1.54, 1.807) is 24.0 Å². The highest BCUT2D eigenvalue weighted by molar-refractivity contribution is 7.92. The summed E-state index contributed by atoms with van der Waals surface area (Å²) in [5.74, 6) is -0.153. The quantitative estimate of drug-likeness (QED) is 0.679. The van der Waals surface area contributed by atoms with Gasteiger partial charge >= 0.3 is 0 Å². The van der Waals surface area contributed by atoms with Crippen LogP contribution in [0.4, 0.5) is 5.69 Å². The maximum Gasteiger partial charge on any atom is 0.246 e. The number of nitrogens with zero attached hydrogens (tertiary/aromatic N) is 3. The second-order valence-corrected chi connectivity index (χ2v) is 9.70. The third-order valence-corrected chi connectivity index (χ3v) is 6.84. The van der Waals surface area contributed by atoms with Crippen LogP contribution in [-0.4, -0.2) is 62.6 Å². The van der Waals surface area contributed by atoms with Crippen molar-refractivity contribution in [2.24, 2.45) is 0 Å². The second kappa shape index (κ2) is 9.62. The average molecular weight is 430 g/mol. The Hall–Kier alpha value is -2.38. The topological polar surface area (TPSA) is 60.9 Å². The number of hydrogen-bond donors (Lipinski definition) is 0. The Morgan fingerprint density at radius 3 is 2.10 bits per heavy atom. The van der Waals surface area contributed by atoms with Crippen molar-refractivity contribution in [2.75, 3.05) is 36.7 Å². The van der Waals surface area contributed by atoms with Gasteiger partial charge in [-0.15, -0.1) is 0 Å². The summed E-state index contributed by atoms with van der Waals surface area (Å²) in [5, 5.41) is 0. The lowest BCUT2D eigenvalue weighted by Crippen LogP contribution is -2.55. The van der Waals surface area contributed by atoms with E-state index in [0.29, 0.717) is 18.8 Å². The van der Waals surface area contributed by atoms with Crippen molar-refractivity contribution in [3.63, 3.8) is 0 Å². The van der Waals surface area contributed by atoms with Crippen molar-refractivity contribution < 1.29 is 13.2 Å². The molecule has 1 atom stereocenters. The summed E-state index contributed by atoms with van der Waals surface area (Å²) >= 11 is 0. The Labute approximate surface area is 180 Å². The Balaban J connectivity index is 1.67. The van der Waals surface area contributed by atoms with E-state index in [1.165, 1.54) is 9.87 Å². The monoisotopic (exact) mass is 429 g/mol. The molecule has 2 aromatic carbocycles. The maximum absolute atomic E-state index is 13.1. The molecule has 162 valence electrons. The first kappa shape index (κ1) is 22.3. The van der Waals surface area contributed by atoms with Crippen LogP contribution in [0.2, 0.25) is 0 Å². The summed E-state index contributed by atoms with van der Waals surface area (Å²) in [5.41, 5.74) is 2.91. The Bertz CT molecular complexity index is 937. The van der Waals surface area contributed by atoms with E-state index in [9.17, 15) is 13.2 Å². The van der Waals surface area contributed by atoms with Crippen LogP contribution < -0.4 is 4.31 Å². The van der Waals surface area contributed by atoms with Crippen LogP contribution in [0, 0.1) is 0 Å². The molecule has 0 aromatic heterocycles. The lowest BCUT2D eigenvalue weighted by molar-refractivity contribution is -0.133. The van der Waals surface area contributed by atoms with Crippen LogP contribution in [0.15, 0.2) is 54.6 Å². The molecule has 0 saturated carbocycles. The van der Waals surface area contributed by atoms with Crippen molar-refractivity contribution in [2.45, 2.75) is 32.9 Å². The fourth-order valence-corrected chi connectivity index (χ4v) is 5.08. The summed E-state index contributed by atoms with van der Waals surface area (Å²) in [7, 11) is -3.60. The lowest BCUT2D eigenvalue weighted by Gasteiger charge is -2.38. The van der Waals surface area contributed by atoms with Gasteiger partial charge in [-0.3, -0.25) is 14.0 Å². The van der Waals surface area contributed by atoms with Gasteiger partial charge in [0.05, 0.1) is 11.9 Å². The minimum atomic E-state index is -3.60. The third kappa shape index (κ3) is 5.40. The highest BCUT2D eigenvalue weighted by atomic mass is 32.2. The molecule has 0 radical (unpaired) electrons. The van der Waals surface area contributed by atoms with Gasteiger partial charge in [0.1, 0.15) is 6.04 Å². The van der Waals surface area contributed by atoms with Crippen molar-refractivity contribution in [1.29, 1.82) is 0 Å². The summed E-state index contributed by atoms with van der Waals surface area (Å²) < 4.78 is 26.3. The molecule has 2 aromatic rings. The molecule has 1 heterocycles. The molecule has 0 bridgehead atoms. The second-order valence-electron chi connectivity index (χ2n) is 7.84. The molecule has 1 saturated heterocycles. The first-order valence-electron chi connectivity index (χ1n) is 10.4. The van der Waals surface area contributed by atoms with Crippen molar-refractivity contribution >= 4 is 21.6 Å². The van der Waals surface area contributed by atoms with E-state index in [0.717, 1.165) is 37.9 Å². The fraction of sp³-hybridized carbons (Fsp3) is 0.435. The molecular weight excluding hydrogens is 398 g/mol. The van der Waals surface area contributed by atoms with Gasteiger partial charge in [-0.2, -0.15) is 0 Å². The van der Waals surface area contributed by atoms with E-state index in [1.807, 2.05) is 37.3 Å². The van der Waals surface area contributed by atoms with Crippen LogP contribution in [0.1, 0.15) is 25.0 Å². The highest BCUT2D eigenvalue weighted by Crippen LogP contribution is 2.23. The summed E-state index contributed by atoms with van der Waals surface area (Å²) in [4.78, 5) is 17.3. The van der Waals surface area contributed by atoms with E-state index in [2.05, 4.69) is 17.0 Å². The SMILES string of the molecule is CCc1ccc(N([C@@H](C)C(=O)N2CCN(Cc3ccccc3)CC2)S(C)(=O)=O)cc1. The largest absolute Gasteiger partial charge is 0.338 e. The molecule has 0 N–H and O–H groups in total. The predicted molar refractivity (Wildman–Crippen MR) is 121 cm³/mol. The highest BCUT2D eigenvalue weighted by Gasteiger charge is 2.33. The number of carbonyl (C=O) groups is 1. The van der Waals surface area contributed by atoms with Crippen molar-refractivity contribution in [3.05, 3.63) is 65.7 Å². The summed E-state index contributed by atoms with van der Waals surface area (Å²) in [6, 6.07) is 16.9. The number of rotatable bonds is 7. The normalized spacial score (nSPS) is 16.3. The number of carbonyl (C=O) groups excluding carboxylic acids is 1. The molecule has 1 aliphatic rings. The van der Waals surface area contributed by atoms with Crippen LogP contribution in [0.5, 0.6) is 0 Å².